The number of rotatable bonds is 3. The lowest BCUT2D eigenvalue weighted by Crippen LogP contribution is -2.00. The van der Waals surface area contributed by atoms with E-state index in [1.807, 2.05) is 17.6 Å². The number of Topliss-reactive ketones (excluding diaryl/α,β-unsaturated/α-hetero) is 1. The van der Waals surface area contributed by atoms with Crippen molar-refractivity contribution in [1.29, 1.82) is 0 Å². The number of hydrogen-bond acceptors (Lipinski definition) is 2. The monoisotopic (exact) mass is 245 g/mol. The molecule has 18 heavy (non-hydrogen) atoms. The summed E-state index contributed by atoms with van der Waals surface area (Å²) in [5.41, 5.74) is 2.44. The third-order valence-electron chi connectivity index (χ3n) is 3.18. The average Bonchev–Trinajstić information content (AvgIpc) is 2.65. The van der Waals surface area contributed by atoms with Crippen LogP contribution in [0.25, 0.3) is 10.9 Å². The molecule has 0 aliphatic heterocycles. The third-order valence-corrected chi connectivity index (χ3v) is 3.18. The molecule has 4 heteroatoms. The molecular weight excluding hydrogens is 230 g/mol. The van der Waals surface area contributed by atoms with Crippen LogP contribution in [0, 0.1) is 6.92 Å². The lowest BCUT2D eigenvalue weighted by molar-refractivity contribution is 0.0696. The molecule has 0 fully saturated rings. The van der Waals surface area contributed by atoms with Gasteiger partial charge in [0.15, 0.2) is 5.78 Å². The molecule has 0 saturated carbocycles. The van der Waals surface area contributed by atoms with Gasteiger partial charge in [-0.15, -0.1) is 0 Å². The van der Waals surface area contributed by atoms with Crippen LogP contribution in [0.1, 0.15) is 40.1 Å². The zero-order valence-electron chi connectivity index (χ0n) is 10.7. The maximum atomic E-state index is 11.6. The molecule has 1 N–H and O–H groups in total. The Morgan fingerprint density at radius 3 is 2.44 bits per heavy atom. The highest BCUT2D eigenvalue weighted by atomic mass is 16.4. The number of aromatic carboxylic acids is 1. The van der Waals surface area contributed by atoms with Crippen LogP contribution in [0.2, 0.25) is 0 Å². The second kappa shape index (κ2) is 4.29. The SMILES string of the molecule is CCn1cc(C(C)=O)c2cc(C(=O)O)c(C)cc21. The third kappa shape index (κ3) is 1.79. The van der Waals surface area contributed by atoms with E-state index in [0.717, 1.165) is 12.1 Å². The minimum absolute atomic E-state index is 0.0487. The fraction of sp³-hybridized carbons (Fsp3) is 0.286. The largest absolute Gasteiger partial charge is 0.478 e. The Hall–Kier alpha value is -2.10. The van der Waals surface area contributed by atoms with E-state index in [4.69, 9.17) is 5.11 Å². The first-order valence-corrected chi connectivity index (χ1v) is 5.83. The number of nitrogens with zero attached hydrogens (tertiary/aromatic N) is 1. The van der Waals surface area contributed by atoms with Crippen LogP contribution >= 0.6 is 0 Å². The summed E-state index contributed by atoms with van der Waals surface area (Å²) in [6.07, 6.45) is 1.79. The van der Waals surface area contributed by atoms with Crippen molar-refractivity contribution in [2.75, 3.05) is 0 Å². The minimum atomic E-state index is -0.965. The Bertz CT molecular complexity index is 653. The first kappa shape index (κ1) is 12.4. The number of carbonyl (C=O) groups is 2. The summed E-state index contributed by atoms with van der Waals surface area (Å²) in [6, 6.07) is 3.42. The van der Waals surface area contributed by atoms with Crippen LogP contribution in [-0.2, 0) is 6.54 Å². The van der Waals surface area contributed by atoms with Crippen LogP contribution in [0.5, 0.6) is 0 Å². The van der Waals surface area contributed by atoms with Gasteiger partial charge in [0, 0.05) is 29.2 Å². The highest BCUT2D eigenvalue weighted by Gasteiger charge is 2.16. The molecule has 0 amide bonds. The highest BCUT2D eigenvalue weighted by Crippen LogP contribution is 2.25. The van der Waals surface area contributed by atoms with Crippen LogP contribution in [0.15, 0.2) is 18.3 Å². The number of carboxylic acids is 1. The Morgan fingerprint density at radius 2 is 1.94 bits per heavy atom. The van der Waals surface area contributed by atoms with Crippen molar-refractivity contribution in [3.63, 3.8) is 0 Å². The summed E-state index contributed by atoms with van der Waals surface area (Å²) in [6.45, 7) is 6.00. The molecule has 2 aromatic rings. The molecule has 0 radical (unpaired) electrons. The Morgan fingerprint density at radius 1 is 1.28 bits per heavy atom. The van der Waals surface area contributed by atoms with Gasteiger partial charge in [0.1, 0.15) is 0 Å². The second-order valence-corrected chi connectivity index (χ2v) is 4.37. The van der Waals surface area contributed by atoms with Crippen molar-refractivity contribution >= 4 is 22.7 Å². The van der Waals surface area contributed by atoms with Crippen molar-refractivity contribution < 1.29 is 14.7 Å². The molecule has 2 rings (SSSR count). The van der Waals surface area contributed by atoms with Crippen molar-refractivity contribution in [2.24, 2.45) is 0 Å². The molecule has 0 unspecified atom stereocenters. The standard InChI is InChI=1S/C14H15NO3/c1-4-15-7-12(9(3)16)11-6-10(14(17)18)8(2)5-13(11)15/h5-7H,4H2,1-3H3,(H,17,18). The van der Waals surface area contributed by atoms with Gasteiger partial charge in [-0.3, -0.25) is 4.79 Å². The van der Waals surface area contributed by atoms with E-state index in [0.29, 0.717) is 16.5 Å². The fourth-order valence-electron chi connectivity index (χ4n) is 2.21. The van der Waals surface area contributed by atoms with E-state index in [1.54, 1.807) is 19.2 Å². The smallest absolute Gasteiger partial charge is 0.335 e. The van der Waals surface area contributed by atoms with Gasteiger partial charge >= 0.3 is 5.97 Å². The number of aryl methyl sites for hydroxylation is 2. The van der Waals surface area contributed by atoms with Gasteiger partial charge in [0.05, 0.1) is 5.56 Å². The normalized spacial score (nSPS) is 10.8. The van der Waals surface area contributed by atoms with E-state index >= 15 is 0 Å². The summed E-state index contributed by atoms with van der Waals surface area (Å²) in [7, 11) is 0. The van der Waals surface area contributed by atoms with Crippen molar-refractivity contribution in [3.8, 4) is 0 Å². The number of fused-ring (bicyclic) bond motifs is 1. The zero-order chi connectivity index (χ0) is 13.4. The van der Waals surface area contributed by atoms with Crippen LogP contribution < -0.4 is 0 Å². The molecule has 0 aliphatic rings. The summed E-state index contributed by atoms with van der Waals surface area (Å²) in [5, 5.41) is 9.84. The van der Waals surface area contributed by atoms with Gasteiger partial charge in [0.25, 0.3) is 0 Å². The minimum Gasteiger partial charge on any atom is -0.478 e. The maximum absolute atomic E-state index is 11.6. The summed E-state index contributed by atoms with van der Waals surface area (Å²) in [4.78, 5) is 22.7. The van der Waals surface area contributed by atoms with E-state index < -0.39 is 5.97 Å². The van der Waals surface area contributed by atoms with E-state index in [2.05, 4.69) is 0 Å². The first-order valence-electron chi connectivity index (χ1n) is 5.83. The van der Waals surface area contributed by atoms with Gasteiger partial charge in [-0.2, -0.15) is 0 Å². The molecular formula is C14H15NO3. The quantitative estimate of drug-likeness (QED) is 0.846. The molecule has 0 bridgehead atoms. The molecule has 0 saturated heterocycles. The molecule has 4 nitrogen and oxygen atoms in total. The Balaban J connectivity index is 2.85. The van der Waals surface area contributed by atoms with Crippen molar-refractivity contribution in [1.82, 2.24) is 4.57 Å². The van der Waals surface area contributed by atoms with E-state index in [9.17, 15) is 9.59 Å². The van der Waals surface area contributed by atoms with Gasteiger partial charge in [-0.25, -0.2) is 4.79 Å². The van der Waals surface area contributed by atoms with Gasteiger partial charge in [-0.1, -0.05) is 0 Å². The number of carbonyl (C=O) groups excluding carboxylic acids is 1. The van der Waals surface area contributed by atoms with Crippen molar-refractivity contribution in [3.05, 3.63) is 35.0 Å². The number of aromatic nitrogens is 1. The van der Waals surface area contributed by atoms with Crippen molar-refractivity contribution in [2.45, 2.75) is 27.3 Å². The summed E-state index contributed by atoms with van der Waals surface area (Å²) >= 11 is 0. The average molecular weight is 245 g/mol. The molecule has 94 valence electrons. The van der Waals surface area contributed by atoms with E-state index in [1.165, 1.54) is 6.92 Å². The molecule has 0 atom stereocenters. The summed E-state index contributed by atoms with van der Waals surface area (Å²) < 4.78 is 1.96. The molecule has 1 heterocycles. The topological polar surface area (TPSA) is 59.3 Å². The zero-order valence-corrected chi connectivity index (χ0v) is 10.7. The molecule has 1 aromatic heterocycles. The predicted molar refractivity (Wildman–Crippen MR) is 69.3 cm³/mol. The lowest BCUT2D eigenvalue weighted by Gasteiger charge is -2.04. The number of benzene rings is 1. The number of hydrogen-bond donors (Lipinski definition) is 1. The lowest BCUT2D eigenvalue weighted by atomic mass is 10.0. The first-order chi connectivity index (χ1) is 8.45. The Kier molecular flexibility index (Phi) is 2.95. The predicted octanol–water partition coefficient (Wildman–Crippen LogP) is 2.87. The molecule has 0 aliphatic carbocycles. The van der Waals surface area contributed by atoms with Gasteiger partial charge in [0.2, 0.25) is 0 Å². The van der Waals surface area contributed by atoms with Gasteiger partial charge < -0.3 is 9.67 Å². The maximum Gasteiger partial charge on any atom is 0.335 e. The fourth-order valence-corrected chi connectivity index (χ4v) is 2.21. The molecule has 1 aromatic carbocycles. The Labute approximate surface area is 105 Å². The van der Waals surface area contributed by atoms with Crippen LogP contribution in [0.3, 0.4) is 0 Å². The van der Waals surface area contributed by atoms with E-state index in [-0.39, 0.29) is 11.3 Å². The number of ketones is 1. The van der Waals surface area contributed by atoms with Gasteiger partial charge in [-0.05, 0) is 38.5 Å². The number of carboxylic acid groups (broad SMARTS) is 1. The molecule has 0 spiro atoms. The second-order valence-electron chi connectivity index (χ2n) is 4.37. The van der Waals surface area contributed by atoms with Crippen LogP contribution in [0.4, 0.5) is 0 Å². The summed E-state index contributed by atoms with van der Waals surface area (Å²) in [5.74, 6) is -1.01. The highest BCUT2D eigenvalue weighted by molar-refractivity contribution is 6.09. The van der Waals surface area contributed by atoms with Crippen LogP contribution in [-0.4, -0.2) is 21.4 Å².